The van der Waals surface area contributed by atoms with Gasteiger partial charge in [0.05, 0.1) is 16.1 Å². The summed E-state index contributed by atoms with van der Waals surface area (Å²) in [6.45, 7) is 3.62. The molecular weight excluding hydrogens is 322 g/mol. The third kappa shape index (κ3) is 4.36. The number of rotatable bonds is 6. The summed E-state index contributed by atoms with van der Waals surface area (Å²) in [4.78, 5) is 16.3. The van der Waals surface area contributed by atoms with Gasteiger partial charge in [0.1, 0.15) is 0 Å². The van der Waals surface area contributed by atoms with E-state index in [2.05, 4.69) is 15.0 Å². The fourth-order valence-electron chi connectivity index (χ4n) is 1.87. The lowest BCUT2D eigenvalue weighted by Gasteiger charge is -2.07. The number of hydrogen-bond acceptors (Lipinski definition) is 5. The highest BCUT2D eigenvalue weighted by Crippen LogP contribution is 2.15. The van der Waals surface area contributed by atoms with Crippen LogP contribution in [0.2, 0.25) is 0 Å². The van der Waals surface area contributed by atoms with Crippen molar-refractivity contribution in [2.24, 2.45) is 0 Å². The summed E-state index contributed by atoms with van der Waals surface area (Å²) >= 11 is 1.52. The van der Waals surface area contributed by atoms with Gasteiger partial charge < -0.3 is 5.32 Å². The van der Waals surface area contributed by atoms with Gasteiger partial charge in [-0.05, 0) is 37.6 Å². The summed E-state index contributed by atoms with van der Waals surface area (Å²) in [7, 11) is -3.55. The number of nitrogens with one attached hydrogen (secondary N) is 2. The van der Waals surface area contributed by atoms with Crippen LogP contribution < -0.4 is 10.0 Å². The first kappa shape index (κ1) is 16.6. The van der Waals surface area contributed by atoms with Gasteiger partial charge in [-0.3, -0.25) is 4.79 Å². The van der Waals surface area contributed by atoms with Crippen LogP contribution in [0.1, 0.15) is 17.5 Å². The Kier molecular flexibility index (Phi) is 5.28. The van der Waals surface area contributed by atoms with Crippen molar-refractivity contribution in [3.63, 3.8) is 0 Å². The predicted molar refractivity (Wildman–Crippen MR) is 86.5 cm³/mol. The minimum absolute atomic E-state index is 0.169. The van der Waals surface area contributed by atoms with Gasteiger partial charge in [0, 0.05) is 24.0 Å². The van der Waals surface area contributed by atoms with Crippen molar-refractivity contribution in [2.75, 3.05) is 11.9 Å². The van der Waals surface area contributed by atoms with E-state index in [0.29, 0.717) is 18.7 Å². The first-order valence-electron chi connectivity index (χ1n) is 6.65. The van der Waals surface area contributed by atoms with E-state index in [9.17, 15) is 13.2 Å². The summed E-state index contributed by atoms with van der Waals surface area (Å²) in [5.74, 6) is -0.200. The van der Waals surface area contributed by atoms with Crippen LogP contribution >= 0.6 is 11.3 Å². The lowest BCUT2D eigenvalue weighted by atomic mass is 10.3. The molecule has 2 rings (SSSR count). The van der Waals surface area contributed by atoms with Gasteiger partial charge in [0.15, 0.2) is 0 Å². The maximum absolute atomic E-state index is 12.2. The normalized spacial score (nSPS) is 11.4. The van der Waals surface area contributed by atoms with E-state index >= 15 is 0 Å². The second-order valence-electron chi connectivity index (χ2n) is 4.71. The number of nitrogens with zero attached hydrogens (tertiary/aromatic N) is 1. The van der Waals surface area contributed by atoms with Gasteiger partial charge in [0.2, 0.25) is 15.9 Å². The van der Waals surface area contributed by atoms with E-state index in [0.717, 1.165) is 10.6 Å². The fraction of sp³-hybridized carbons (Fsp3) is 0.286. The quantitative estimate of drug-likeness (QED) is 0.842. The summed E-state index contributed by atoms with van der Waals surface area (Å²) < 4.78 is 26.9. The number of benzene rings is 1. The molecule has 0 bridgehead atoms. The lowest BCUT2D eigenvalue weighted by molar-refractivity contribution is -0.114. The van der Waals surface area contributed by atoms with Crippen LogP contribution in [0.3, 0.4) is 0 Å². The SMILES string of the molecule is CC(=O)Nc1ccc(S(=O)(=O)NCCc2scnc2C)cc1. The maximum atomic E-state index is 12.2. The molecule has 22 heavy (non-hydrogen) atoms. The third-order valence-electron chi connectivity index (χ3n) is 2.97. The van der Waals surface area contributed by atoms with Crippen molar-refractivity contribution in [3.05, 3.63) is 40.3 Å². The van der Waals surface area contributed by atoms with Crippen molar-refractivity contribution in [1.82, 2.24) is 9.71 Å². The predicted octanol–water partition coefficient (Wildman–Crippen LogP) is 1.93. The minimum Gasteiger partial charge on any atom is -0.326 e. The first-order chi connectivity index (χ1) is 10.4. The highest BCUT2D eigenvalue weighted by Gasteiger charge is 2.13. The van der Waals surface area contributed by atoms with Crippen molar-refractivity contribution in [2.45, 2.75) is 25.2 Å². The zero-order valence-electron chi connectivity index (χ0n) is 12.3. The van der Waals surface area contributed by atoms with E-state index in [-0.39, 0.29) is 10.8 Å². The van der Waals surface area contributed by atoms with Crippen LogP contribution in [0.25, 0.3) is 0 Å². The monoisotopic (exact) mass is 339 g/mol. The Bertz CT molecular complexity index is 752. The molecule has 2 aromatic rings. The van der Waals surface area contributed by atoms with Crippen molar-refractivity contribution in [1.29, 1.82) is 0 Å². The third-order valence-corrected chi connectivity index (χ3v) is 5.45. The largest absolute Gasteiger partial charge is 0.326 e. The van der Waals surface area contributed by atoms with Crippen LogP contribution in [0.15, 0.2) is 34.7 Å². The number of sulfonamides is 1. The second kappa shape index (κ2) is 6.99. The molecule has 1 aromatic heterocycles. The highest BCUT2D eigenvalue weighted by molar-refractivity contribution is 7.89. The molecule has 0 radical (unpaired) electrons. The Morgan fingerprint density at radius 1 is 1.27 bits per heavy atom. The van der Waals surface area contributed by atoms with Crippen LogP contribution in [-0.2, 0) is 21.2 Å². The Labute approximate surface area is 133 Å². The molecule has 1 aromatic carbocycles. The number of hydrogen-bond donors (Lipinski definition) is 2. The molecule has 0 atom stereocenters. The number of anilines is 1. The smallest absolute Gasteiger partial charge is 0.240 e. The molecule has 0 saturated carbocycles. The highest BCUT2D eigenvalue weighted by atomic mass is 32.2. The molecule has 0 aliphatic carbocycles. The van der Waals surface area contributed by atoms with E-state index < -0.39 is 10.0 Å². The molecular formula is C14H17N3O3S2. The Hall–Kier alpha value is -1.77. The van der Waals surface area contributed by atoms with E-state index in [1.165, 1.54) is 30.4 Å². The average molecular weight is 339 g/mol. The van der Waals surface area contributed by atoms with Crippen LogP contribution in [0, 0.1) is 6.92 Å². The first-order valence-corrected chi connectivity index (χ1v) is 9.01. The van der Waals surface area contributed by atoms with Gasteiger partial charge in [-0.1, -0.05) is 0 Å². The van der Waals surface area contributed by atoms with Gasteiger partial charge >= 0.3 is 0 Å². The molecule has 0 aliphatic rings. The molecule has 1 amide bonds. The molecule has 0 unspecified atom stereocenters. The van der Waals surface area contributed by atoms with Crippen LogP contribution in [0.5, 0.6) is 0 Å². The zero-order valence-corrected chi connectivity index (χ0v) is 13.9. The van der Waals surface area contributed by atoms with Crippen molar-refractivity contribution < 1.29 is 13.2 Å². The van der Waals surface area contributed by atoms with E-state index in [4.69, 9.17) is 0 Å². The number of aromatic nitrogens is 1. The molecule has 1 heterocycles. The molecule has 0 saturated heterocycles. The summed E-state index contributed by atoms with van der Waals surface area (Å²) in [5.41, 5.74) is 3.25. The average Bonchev–Trinajstić information content (AvgIpc) is 2.84. The lowest BCUT2D eigenvalue weighted by Crippen LogP contribution is -2.26. The molecule has 2 N–H and O–H groups in total. The Morgan fingerprint density at radius 2 is 1.95 bits per heavy atom. The Balaban J connectivity index is 1.97. The number of carbonyl (C=O) groups excluding carboxylic acids is 1. The molecule has 8 heteroatoms. The van der Waals surface area contributed by atoms with Gasteiger partial charge in [-0.15, -0.1) is 11.3 Å². The van der Waals surface area contributed by atoms with E-state index in [1.54, 1.807) is 17.6 Å². The van der Waals surface area contributed by atoms with Gasteiger partial charge in [0.25, 0.3) is 0 Å². The maximum Gasteiger partial charge on any atom is 0.240 e. The summed E-state index contributed by atoms with van der Waals surface area (Å²) in [5, 5.41) is 2.59. The minimum atomic E-state index is -3.55. The zero-order chi connectivity index (χ0) is 16.2. The molecule has 0 spiro atoms. The number of carbonyl (C=O) groups is 1. The van der Waals surface area contributed by atoms with Gasteiger partial charge in [-0.25, -0.2) is 18.1 Å². The summed E-state index contributed by atoms with van der Waals surface area (Å²) in [6.07, 6.45) is 0.611. The number of thiazole rings is 1. The standard InChI is InChI=1S/C14H17N3O3S2/c1-10-14(21-9-15-10)7-8-16-22(19,20)13-5-3-12(4-6-13)17-11(2)18/h3-6,9,16H,7-8H2,1-2H3,(H,17,18). The van der Waals surface area contributed by atoms with Gasteiger partial charge in [-0.2, -0.15) is 0 Å². The van der Waals surface area contributed by atoms with Crippen LogP contribution in [0.4, 0.5) is 5.69 Å². The van der Waals surface area contributed by atoms with Crippen molar-refractivity contribution >= 4 is 33.0 Å². The summed E-state index contributed by atoms with van der Waals surface area (Å²) in [6, 6.07) is 6.05. The van der Waals surface area contributed by atoms with E-state index in [1.807, 2.05) is 6.92 Å². The van der Waals surface area contributed by atoms with Crippen molar-refractivity contribution in [3.8, 4) is 0 Å². The fourth-order valence-corrected chi connectivity index (χ4v) is 3.68. The number of aryl methyl sites for hydroxylation is 1. The Morgan fingerprint density at radius 3 is 2.50 bits per heavy atom. The molecule has 118 valence electrons. The van der Waals surface area contributed by atoms with Crippen LogP contribution in [-0.4, -0.2) is 25.9 Å². The second-order valence-corrected chi connectivity index (χ2v) is 7.42. The molecule has 0 fully saturated rings. The topological polar surface area (TPSA) is 88.2 Å². The molecule has 6 nitrogen and oxygen atoms in total. The number of amides is 1. The molecule has 0 aliphatic heterocycles.